The highest BCUT2D eigenvalue weighted by Crippen LogP contribution is 2.27. The van der Waals surface area contributed by atoms with Gasteiger partial charge >= 0.3 is 5.56 Å². The zero-order chi connectivity index (χ0) is 24.4. The van der Waals surface area contributed by atoms with Crippen LogP contribution in [0.4, 0.5) is 5.69 Å². The molecule has 0 saturated heterocycles. The molecular weight excluding hydrogens is 454 g/mol. The summed E-state index contributed by atoms with van der Waals surface area (Å²) in [5.74, 6) is 0.900. The lowest BCUT2D eigenvalue weighted by Crippen LogP contribution is -2.23. The number of nitrogens with one attached hydrogen (secondary N) is 1. The first kappa shape index (κ1) is 23.4. The number of nitrogens with zero attached hydrogens (tertiary/aromatic N) is 4. The number of ether oxygens (including phenoxy) is 2. The average molecular weight is 480 g/mol. The molecule has 34 heavy (non-hydrogen) atoms. The number of amides is 1. The van der Waals surface area contributed by atoms with Crippen molar-refractivity contribution in [1.29, 1.82) is 0 Å². The molecule has 1 N–H and O–H groups in total. The molecule has 2 aromatic carbocycles. The summed E-state index contributed by atoms with van der Waals surface area (Å²) in [6.45, 7) is 5.78. The molecule has 4 aromatic rings. The smallest absolute Gasteiger partial charge is 0.300 e. The predicted molar refractivity (Wildman–Crippen MR) is 132 cm³/mol. The van der Waals surface area contributed by atoms with Gasteiger partial charge in [-0.1, -0.05) is 17.8 Å². The van der Waals surface area contributed by atoms with Crippen LogP contribution in [-0.4, -0.2) is 44.5 Å². The molecular formula is C24H25N5O4S. The second-order valence-corrected chi connectivity index (χ2v) is 9.08. The second kappa shape index (κ2) is 9.60. The fraction of sp³-hybridized carbons (Fsp3) is 0.250. The maximum atomic E-state index is 13.0. The van der Waals surface area contributed by atoms with Crippen LogP contribution in [0.5, 0.6) is 11.5 Å². The minimum Gasteiger partial charge on any atom is -0.497 e. The van der Waals surface area contributed by atoms with E-state index in [1.54, 1.807) is 56.1 Å². The number of carbonyl (C=O) groups is 1. The van der Waals surface area contributed by atoms with Crippen molar-refractivity contribution in [3.05, 3.63) is 70.3 Å². The van der Waals surface area contributed by atoms with Crippen molar-refractivity contribution in [2.45, 2.75) is 31.2 Å². The van der Waals surface area contributed by atoms with Gasteiger partial charge in [-0.3, -0.25) is 18.6 Å². The Balaban J connectivity index is 1.55. The van der Waals surface area contributed by atoms with E-state index in [0.717, 1.165) is 16.8 Å². The number of hydrogen-bond acceptors (Lipinski definition) is 7. The van der Waals surface area contributed by atoms with E-state index >= 15 is 0 Å². The zero-order valence-corrected chi connectivity index (χ0v) is 20.3. The normalized spacial score (nSPS) is 11.9. The molecule has 176 valence electrons. The summed E-state index contributed by atoms with van der Waals surface area (Å²) in [7, 11) is 3.09. The summed E-state index contributed by atoms with van der Waals surface area (Å²) < 4.78 is 13.6. The molecule has 0 unspecified atom stereocenters. The fourth-order valence-corrected chi connectivity index (χ4v) is 4.19. The number of rotatable bonds is 7. The van der Waals surface area contributed by atoms with Crippen LogP contribution >= 0.6 is 11.8 Å². The second-order valence-electron chi connectivity index (χ2n) is 7.77. The topological polar surface area (TPSA) is 99.8 Å². The number of thioether (sulfide) groups is 1. The number of aryl methyl sites for hydroxylation is 2. The third kappa shape index (κ3) is 4.62. The number of methoxy groups -OCH3 is 2. The first-order valence-corrected chi connectivity index (χ1v) is 11.4. The van der Waals surface area contributed by atoms with E-state index in [9.17, 15) is 9.59 Å². The Morgan fingerprint density at radius 3 is 2.35 bits per heavy atom. The molecule has 2 heterocycles. The van der Waals surface area contributed by atoms with Gasteiger partial charge in [0.1, 0.15) is 11.5 Å². The standard InChI is InChI=1S/C24H25N5O4S/c1-14-6-7-18(10-15(14)2)28-8-9-29-21(23(28)31)26-27-24(29)34-16(3)22(30)25-17-11-19(32-4)13-20(12-17)33-5/h6-13,16H,1-5H3,(H,25,30)/t16-/m1/s1. The number of carbonyl (C=O) groups excluding carboxylic acids is 1. The van der Waals surface area contributed by atoms with Gasteiger partial charge in [0.05, 0.1) is 19.5 Å². The number of aromatic nitrogens is 4. The fourth-order valence-electron chi connectivity index (χ4n) is 3.36. The van der Waals surface area contributed by atoms with E-state index in [1.807, 2.05) is 32.0 Å². The van der Waals surface area contributed by atoms with Crippen LogP contribution in [0.15, 0.2) is 58.7 Å². The molecule has 1 atom stereocenters. The lowest BCUT2D eigenvalue weighted by atomic mass is 10.1. The molecule has 10 heteroatoms. The van der Waals surface area contributed by atoms with E-state index in [-0.39, 0.29) is 17.1 Å². The number of hydrogen-bond donors (Lipinski definition) is 1. The van der Waals surface area contributed by atoms with Gasteiger partial charge in [-0.2, -0.15) is 0 Å². The Morgan fingerprint density at radius 2 is 1.71 bits per heavy atom. The van der Waals surface area contributed by atoms with Crippen LogP contribution in [-0.2, 0) is 4.79 Å². The lowest BCUT2D eigenvalue weighted by molar-refractivity contribution is -0.115. The van der Waals surface area contributed by atoms with Gasteiger partial charge in [0.25, 0.3) is 0 Å². The van der Waals surface area contributed by atoms with E-state index in [0.29, 0.717) is 22.3 Å². The molecule has 2 aromatic heterocycles. The van der Waals surface area contributed by atoms with Crippen molar-refractivity contribution in [3.63, 3.8) is 0 Å². The monoisotopic (exact) mass is 479 g/mol. The number of fused-ring (bicyclic) bond motifs is 1. The highest BCUT2D eigenvalue weighted by Gasteiger charge is 2.20. The first-order chi connectivity index (χ1) is 16.3. The lowest BCUT2D eigenvalue weighted by Gasteiger charge is -2.13. The molecule has 0 aliphatic rings. The third-order valence-electron chi connectivity index (χ3n) is 5.48. The van der Waals surface area contributed by atoms with Gasteiger partial charge in [0, 0.05) is 42.0 Å². The molecule has 0 spiro atoms. The summed E-state index contributed by atoms with van der Waals surface area (Å²) >= 11 is 1.21. The third-order valence-corrected chi connectivity index (χ3v) is 6.54. The minimum absolute atomic E-state index is 0.188. The Morgan fingerprint density at radius 1 is 1.00 bits per heavy atom. The Hall–Kier alpha value is -3.79. The highest BCUT2D eigenvalue weighted by molar-refractivity contribution is 8.00. The maximum Gasteiger partial charge on any atom is 0.300 e. The molecule has 9 nitrogen and oxygen atoms in total. The van der Waals surface area contributed by atoms with Crippen LogP contribution in [0.1, 0.15) is 18.1 Å². The quantitative estimate of drug-likeness (QED) is 0.404. The largest absolute Gasteiger partial charge is 0.497 e. The molecule has 0 fully saturated rings. The summed E-state index contributed by atoms with van der Waals surface area (Å²) in [6, 6.07) is 11.0. The Labute approximate surface area is 200 Å². The van der Waals surface area contributed by atoms with E-state index in [1.165, 1.54) is 16.3 Å². The summed E-state index contributed by atoms with van der Waals surface area (Å²) in [5, 5.41) is 11.0. The van der Waals surface area contributed by atoms with E-state index < -0.39 is 5.25 Å². The van der Waals surface area contributed by atoms with Crippen molar-refractivity contribution in [1.82, 2.24) is 19.2 Å². The van der Waals surface area contributed by atoms with Crippen molar-refractivity contribution in [2.24, 2.45) is 0 Å². The van der Waals surface area contributed by atoms with Crippen LogP contribution < -0.4 is 20.3 Å². The summed E-state index contributed by atoms with van der Waals surface area (Å²) in [4.78, 5) is 25.9. The van der Waals surface area contributed by atoms with Crippen LogP contribution in [0.3, 0.4) is 0 Å². The Kier molecular flexibility index (Phi) is 6.60. The molecule has 1 amide bonds. The first-order valence-electron chi connectivity index (χ1n) is 10.6. The van der Waals surface area contributed by atoms with Crippen LogP contribution in [0, 0.1) is 13.8 Å². The van der Waals surface area contributed by atoms with Crippen molar-refractivity contribution >= 4 is 29.0 Å². The molecule has 0 radical (unpaired) electrons. The summed E-state index contributed by atoms with van der Waals surface area (Å²) in [5.41, 5.74) is 3.46. The van der Waals surface area contributed by atoms with Gasteiger partial charge in [0.15, 0.2) is 5.16 Å². The Bertz CT molecular complexity index is 1410. The number of benzene rings is 2. The van der Waals surface area contributed by atoms with Gasteiger partial charge < -0.3 is 14.8 Å². The van der Waals surface area contributed by atoms with Gasteiger partial charge in [-0.15, -0.1) is 10.2 Å². The molecule has 0 aliphatic carbocycles. The van der Waals surface area contributed by atoms with Crippen LogP contribution in [0.25, 0.3) is 11.3 Å². The van der Waals surface area contributed by atoms with Crippen molar-refractivity contribution in [3.8, 4) is 17.2 Å². The molecule has 0 saturated carbocycles. The van der Waals surface area contributed by atoms with Crippen molar-refractivity contribution in [2.75, 3.05) is 19.5 Å². The van der Waals surface area contributed by atoms with Crippen LogP contribution in [0.2, 0.25) is 0 Å². The molecule has 4 rings (SSSR count). The maximum absolute atomic E-state index is 13.0. The van der Waals surface area contributed by atoms with E-state index in [2.05, 4.69) is 15.5 Å². The van der Waals surface area contributed by atoms with Crippen molar-refractivity contribution < 1.29 is 14.3 Å². The number of anilines is 1. The van der Waals surface area contributed by atoms with Gasteiger partial charge in [-0.25, -0.2) is 0 Å². The van der Waals surface area contributed by atoms with Gasteiger partial charge in [0.2, 0.25) is 11.6 Å². The highest BCUT2D eigenvalue weighted by atomic mass is 32.2. The van der Waals surface area contributed by atoms with E-state index in [4.69, 9.17) is 9.47 Å². The van der Waals surface area contributed by atoms with Gasteiger partial charge in [-0.05, 0) is 44.0 Å². The zero-order valence-electron chi connectivity index (χ0n) is 19.5. The predicted octanol–water partition coefficient (Wildman–Crippen LogP) is 3.63. The minimum atomic E-state index is -0.508. The summed E-state index contributed by atoms with van der Waals surface area (Å²) in [6.07, 6.45) is 3.41. The SMILES string of the molecule is COc1cc(NC(=O)[C@@H](C)Sc2nnc3c(=O)n(-c4ccc(C)c(C)c4)ccn23)cc(OC)c1. The molecule has 0 aliphatic heterocycles. The molecule has 0 bridgehead atoms. The average Bonchev–Trinajstić information content (AvgIpc) is 3.24.